The van der Waals surface area contributed by atoms with E-state index in [1.807, 2.05) is 0 Å². The van der Waals surface area contributed by atoms with Crippen molar-refractivity contribution < 1.29 is 9.53 Å². The molecule has 0 aromatic rings. The van der Waals surface area contributed by atoms with E-state index in [4.69, 9.17) is 4.74 Å². The van der Waals surface area contributed by atoms with Crippen LogP contribution in [0.25, 0.3) is 0 Å². The normalized spacial score (nSPS) is 38.4. The van der Waals surface area contributed by atoms with E-state index in [-0.39, 0.29) is 6.10 Å². The molecule has 0 unspecified atom stereocenters. The molecule has 1 fully saturated rings. The number of rotatable bonds is 3. The molecule has 1 aliphatic heterocycles. The minimum atomic E-state index is 0.213. The Morgan fingerprint density at radius 2 is 2.31 bits per heavy atom. The predicted octanol–water partition coefficient (Wildman–Crippen LogP) is 2.97. The van der Waals surface area contributed by atoms with Crippen LogP contribution in [0.3, 0.4) is 0 Å². The van der Waals surface area contributed by atoms with Gasteiger partial charge in [0, 0.05) is 5.92 Å². The fourth-order valence-corrected chi connectivity index (χ4v) is 3.32. The number of aldehydes is 1. The molecule has 2 aliphatic rings. The zero-order valence-corrected chi connectivity index (χ0v) is 10.5. The molecule has 0 saturated carbocycles. The zero-order valence-electron chi connectivity index (χ0n) is 10.5. The third kappa shape index (κ3) is 2.08. The number of fused-ring (bicyclic) bond motifs is 1. The molecule has 2 nitrogen and oxygen atoms in total. The summed E-state index contributed by atoms with van der Waals surface area (Å²) in [6.07, 6.45) is 7.07. The molecule has 0 aromatic heterocycles. The van der Waals surface area contributed by atoms with Gasteiger partial charge in [0.05, 0.1) is 12.2 Å². The van der Waals surface area contributed by atoms with E-state index in [0.29, 0.717) is 23.9 Å². The minimum Gasteiger partial charge on any atom is -0.374 e. The molecule has 2 rings (SSSR count). The van der Waals surface area contributed by atoms with Gasteiger partial charge in [-0.1, -0.05) is 19.9 Å². The monoisotopic (exact) mass is 222 g/mol. The summed E-state index contributed by atoms with van der Waals surface area (Å²) in [5, 5.41) is 0. The van der Waals surface area contributed by atoms with Gasteiger partial charge >= 0.3 is 0 Å². The van der Waals surface area contributed by atoms with E-state index < -0.39 is 0 Å². The topological polar surface area (TPSA) is 26.3 Å². The van der Waals surface area contributed by atoms with Crippen LogP contribution in [0.5, 0.6) is 0 Å². The molecule has 0 radical (unpaired) electrons. The number of hydrogen-bond acceptors (Lipinski definition) is 2. The molecule has 90 valence electrons. The second-order valence-electron chi connectivity index (χ2n) is 5.60. The highest BCUT2D eigenvalue weighted by atomic mass is 16.5. The highest BCUT2D eigenvalue weighted by molar-refractivity contribution is 5.74. The van der Waals surface area contributed by atoms with Crippen molar-refractivity contribution in [1.82, 2.24) is 0 Å². The van der Waals surface area contributed by atoms with Crippen LogP contribution in [0.2, 0.25) is 0 Å². The standard InChI is InChI=1S/C14H22O2/c1-9(2)7-13-12-6-4-5-11(8-15)14(12)10(3)16-13/h5,8-10,12-14H,4,6-7H2,1-3H3/t10-,12-,13+,14-/m1/s1. The average molecular weight is 222 g/mol. The smallest absolute Gasteiger partial charge is 0.146 e. The number of hydrogen-bond donors (Lipinski definition) is 0. The van der Waals surface area contributed by atoms with Gasteiger partial charge in [-0.2, -0.15) is 0 Å². The van der Waals surface area contributed by atoms with Crippen LogP contribution in [0.15, 0.2) is 11.6 Å². The molecule has 0 spiro atoms. The molecule has 2 heteroatoms. The van der Waals surface area contributed by atoms with Gasteiger partial charge in [0.2, 0.25) is 0 Å². The van der Waals surface area contributed by atoms with Crippen LogP contribution in [-0.4, -0.2) is 18.5 Å². The summed E-state index contributed by atoms with van der Waals surface area (Å²) >= 11 is 0. The Morgan fingerprint density at radius 3 is 2.94 bits per heavy atom. The fourth-order valence-electron chi connectivity index (χ4n) is 3.32. The van der Waals surface area contributed by atoms with Crippen LogP contribution >= 0.6 is 0 Å². The molecular formula is C14H22O2. The van der Waals surface area contributed by atoms with E-state index in [0.717, 1.165) is 24.7 Å². The van der Waals surface area contributed by atoms with E-state index in [9.17, 15) is 4.79 Å². The predicted molar refractivity (Wildman–Crippen MR) is 64.2 cm³/mol. The minimum absolute atomic E-state index is 0.213. The Bertz CT molecular complexity index is 293. The van der Waals surface area contributed by atoms with Crippen molar-refractivity contribution >= 4 is 6.29 Å². The lowest BCUT2D eigenvalue weighted by atomic mass is 9.74. The van der Waals surface area contributed by atoms with Gasteiger partial charge < -0.3 is 4.74 Å². The molecule has 1 heterocycles. The van der Waals surface area contributed by atoms with Crippen molar-refractivity contribution in [3.63, 3.8) is 0 Å². The SMILES string of the molecule is CC(C)C[C@@H]1O[C@H](C)[C@@H]2C(C=O)=CCC[C@@H]21. The number of carbonyl (C=O) groups excluding carboxylic acids is 1. The quantitative estimate of drug-likeness (QED) is 0.686. The van der Waals surface area contributed by atoms with E-state index >= 15 is 0 Å². The summed E-state index contributed by atoms with van der Waals surface area (Å²) < 4.78 is 6.05. The highest BCUT2D eigenvalue weighted by Gasteiger charge is 2.44. The van der Waals surface area contributed by atoms with Gasteiger partial charge in [-0.05, 0) is 43.6 Å². The van der Waals surface area contributed by atoms with Gasteiger partial charge in [-0.3, -0.25) is 4.79 Å². The molecule has 4 atom stereocenters. The van der Waals surface area contributed by atoms with Gasteiger partial charge in [-0.15, -0.1) is 0 Å². The van der Waals surface area contributed by atoms with Crippen molar-refractivity contribution in [2.24, 2.45) is 17.8 Å². The number of allylic oxidation sites excluding steroid dienone is 1. The summed E-state index contributed by atoms with van der Waals surface area (Å²) in [6, 6.07) is 0. The van der Waals surface area contributed by atoms with Crippen molar-refractivity contribution in [3.8, 4) is 0 Å². The molecule has 1 saturated heterocycles. The Kier molecular flexibility index (Phi) is 3.48. The first-order valence-corrected chi connectivity index (χ1v) is 6.44. The summed E-state index contributed by atoms with van der Waals surface area (Å²) in [7, 11) is 0. The lowest BCUT2D eigenvalue weighted by Gasteiger charge is -2.27. The summed E-state index contributed by atoms with van der Waals surface area (Å²) in [5.74, 6) is 1.60. The van der Waals surface area contributed by atoms with E-state index in [1.165, 1.54) is 6.42 Å². The maximum atomic E-state index is 11.1. The molecular weight excluding hydrogens is 200 g/mol. The van der Waals surface area contributed by atoms with Gasteiger partial charge in [0.25, 0.3) is 0 Å². The van der Waals surface area contributed by atoms with Crippen LogP contribution in [0.1, 0.15) is 40.0 Å². The third-order valence-electron chi connectivity index (χ3n) is 3.94. The number of ether oxygens (including phenoxy) is 1. The first-order valence-electron chi connectivity index (χ1n) is 6.44. The number of carbonyl (C=O) groups is 1. The lowest BCUT2D eigenvalue weighted by molar-refractivity contribution is -0.105. The Balaban J connectivity index is 2.14. The first-order chi connectivity index (χ1) is 7.63. The highest BCUT2D eigenvalue weighted by Crippen LogP contribution is 2.44. The second kappa shape index (κ2) is 4.70. The van der Waals surface area contributed by atoms with Crippen molar-refractivity contribution in [1.29, 1.82) is 0 Å². The molecule has 16 heavy (non-hydrogen) atoms. The van der Waals surface area contributed by atoms with Crippen molar-refractivity contribution in [2.45, 2.75) is 52.2 Å². The molecule has 0 aromatic carbocycles. The van der Waals surface area contributed by atoms with E-state index in [2.05, 4.69) is 26.8 Å². The largest absolute Gasteiger partial charge is 0.374 e. The van der Waals surface area contributed by atoms with Crippen molar-refractivity contribution in [2.75, 3.05) is 0 Å². The van der Waals surface area contributed by atoms with Crippen LogP contribution in [-0.2, 0) is 9.53 Å². The maximum absolute atomic E-state index is 11.1. The molecule has 1 aliphatic carbocycles. The third-order valence-corrected chi connectivity index (χ3v) is 3.94. The van der Waals surface area contributed by atoms with Gasteiger partial charge in [-0.25, -0.2) is 0 Å². The lowest BCUT2D eigenvalue weighted by Crippen LogP contribution is -2.27. The molecule has 0 amide bonds. The van der Waals surface area contributed by atoms with Gasteiger partial charge in [0.1, 0.15) is 6.29 Å². The van der Waals surface area contributed by atoms with Crippen LogP contribution in [0, 0.1) is 17.8 Å². The fraction of sp³-hybridized carbons (Fsp3) is 0.786. The maximum Gasteiger partial charge on any atom is 0.146 e. The summed E-state index contributed by atoms with van der Waals surface area (Å²) in [4.78, 5) is 11.1. The first kappa shape index (κ1) is 11.8. The average Bonchev–Trinajstić information content (AvgIpc) is 2.55. The second-order valence-corrected chi connectivity index (χ2v) is 5.60. The van der Waals surface area contributed by atoms with Crippen LogP contribution in [0.4, 0.5) is 0 Å². The Morgan fingerprint density at radius 1 is 1.56 bits per heavy atom. The summed E-state index contributed by atoms with van der Waals surface area (Å²) in [6.45, 7) is 6.59. The van der Waals surface area contributed by atoms with Gasteiger partial charge in [0.15, 0.2) is 0 Å². The molecule has 0 bridgehead atoms. The Hall–Kier alpha value is -0.630. The molecule has 0 N–H and O–H groups in total. The zero-order chi connectivity index (χ0) is 11.7. The van der Waals surface area contributed by atoms with E-state index in [1.54, 1.807) is 0 Å². The summed E-state index contributed by atoms with van der Waals surface area (Å²) in [5.41, 5.74) is 0.981. The van der Waals surface area contributed by atoms with Crippen LogP contribution < -0.4 is 0 Å². The Labute approximate surface area is 98.1 Å². The van der Waals surface area contributed by atoms with Crippen molar-refractivity contribution in [3.05, 3.63) is 11.6 Å².